The van der Waals surface area contributed by atoms with Crippen molar-refractivity contribution in [1.82, 2.24) is 9.88 Å². The predicted molar refractivity (Wildman–Crippen MR) is 73.1 cm³/mol. The molecule has 19 heavy (non-hydrogen) atoms. The van der Waals surface area contributed by atoms with E-state index in [0.29, 0.717) is 13.0 Å². The fraction of sp³-hybridized carbons (Fsp3) is 0.600. The highest BCUT2D eigenvalue weighted by Crippen LogP contribution is 2.24. The first-order chi connectivity index (χ1) is 9.31. The van der Waals surface area contributed by atoms with Crippen LogP contribution in [0.3, 0.4) is 0 Å². The Morgan fingerprint density at radius 1 is 1.42 bits per heavy atom. The normalized spacial score (nSPS) is 23.2. The lowest BCUT2D eigenvalue weighted by Gasteiger charge is -2.37. The van der Waals surface area contributed by atoms with E-state index in [1.165, 1.54) is 0 Å². The van der Waals surface area contributed by atoms with E-state index in [1.807, 2.05) is 18.3 Å². The van der Waals surface area contributed by atoms with Gasteiger partial charge in [0, 0.05) is 37.9 Å². The molecule has 4 heteroatoms. The number of aliphatic hydroxyl groups excluding tert-OH is 1. The molecule has 102 valence electrons. The Labute approximate surface area is 114 Å². The summed E-state index contributed by atoms with van der Waals surface area (Å²) in [6.45, 7) is 1.48. The molecule has 0 bridgehead atoms. The molecule has 1 aliphatic carbocycles. The summed E-state index contributed by atoms with van der Waals surface area (Å²) in [6.07, 6.45) is 8.03. The van der Waals surface area contributed by atoms with Gasteiger partial charge in [0.05, 0.1) is 12.2 Å². The molecule has 0 aliphatic heterocycles. The number of nitriles is 1. The predicted octanol–water partition coefficient (Wildman–Crippen LogP) is 2.10. The lowest BCUT2D eigenvalue weighted by Crippen LogP contribution is -2.45. The lowest BCUT2D eigenvalue weighted by molar-refractivity contribution is 0.0166. The fourth-order valence-electron chi connectivity index (χ4n) is 2.80. The quantitative estimate of drug-likeness (QED) is 0.879. The summed E-state index contributed by atoms with van der Waals surface area (Å²) in [5.74, 6) is 0. The molecule has 1 aliphatic rings. The zero-order valence-corrected chi connectivity index (χ0v) is 11.2. The first-order valence-electron chi connectivity index (χ1n) is 6.99. The summed E-state index contributed by atoms with van der Waals surface area (Å²) in [5, 5.41) is 19.0. The highest BCUT2D eigenvalue weighted by molar-refractivity contribution is 5.08. The van der Waals surface area contributed by atoms with Gasteiger partial charge in [0.2, 0.25) is 0 Å². The number of aliphatic hydroxyl groups is 1. The van der Waals surface area contributed by atoms with Crippen LogP contribution in [0.1, 0.15) is 37.7 Å². The van der Waals surface area contributed by atoms with E-state index >= 15 is 0 Å². The van der Waals surface area contributed by atoms with Gasteiger partial charge in [0.25, 0.3) is 0 Å². The van der Waals surface area contributed by atoms with Crippen molar-refractivity contribution in [3.05, 3.63) is 30.1 Å². The van der Waals surface area contributed by atoms with Gasteiger partial charge in [-0.1, -0.05) is 18.9 Å². The van der Waals surface area contributed by atoms with E-state index in [2.05, 4.69) is 16.0 Å². The summed E-state index contributed by atoms with van der Waals surface area (Å²) < 4.78 is 0. The van der Waals surface area contributed by atoms with Crippen LogP contribution in [-0.2, 0) is 6.54 Å². The number of pyridine rings is 1. The zero-order chi connectivity index (χ0) is 13.5. The minimum Gasteiger partial charge on any atom is -0.391 e. The Morgan fingerprint density at radius 2 is 2.26 bits per heavy atom. The van der Waals surface area contributed by atoms with Crippen LogP contribution in [0.5, 0.6) is 0 Å². The third-order valence-electron chi connectivity index (χ3n) is 3.78. The van der Waals surface area contributed by atoms with Crippen molar-refractivity contribution >= 4 is 0 Å². The van der Waals surface area contributed by atoms with E-state index < -0.39 is 0 Å². The largest absolute Gasteiger partial charge is 0.391 e. The molecule has 2 atom stereocenters. The van der Waals surface area contributed by atoms with Crippen LogP contribution < -0.4 is 0 Å². The van der Waals surface area contributed by atoms with Crippen molar-refractivity contribution in [2.45, 2.75) is 50.8 Å². The summed E-state index contributed by atoms with van der Waals surface area (Å²) in [6, 6.07) is 6.35. The maximum Gasteiger partial charge on any atom is 0.0695 e. The van der Waals surface area contributed by atoms with Gasteiger partial charge in [-0.05, 0) is 24.5 Å². The first kappa shape index (κ1) is 14.0. The van der Waals surface area contributed by atoms with Gasteiger partial charge in [-0.25, -0.2) is 0 Å². The van der Waals surface area contributed by atoms with Crippen molar-refractivity contribution in [3.63, 3.8) is 0 Å². The Bertz CT molecular complexity index is 415. The summed E-state index contributed by atoms with van der Waals surface area (Å²) in [4.78, 5) is 6.37. The monoisotopic (exact) mass is 259 g/mol. The molecule has 1 aromatic rings. The maximum absolute atomic E-state index is 10.2. The molecule has 0 radical (unpaired) electrons. The van der Waals surface area contributed by atoms with Crippen LogP contribution in [0.15, 0.2) is 24.5 Å². The van der Waals surface area contributed by atoms with Gasteiger partial charge in [-0.3, -0.25) is 9.88 Å². The molecule has 1 saturated carbocycles. The standard InChI is InChI=1S/C15H21N3O/c16-8-4-10-18(12-13-5-3-9-17-11-13)14-6-1-2-7-15(14)19/h3,5,9,11,14-15,19H,1-2,4,6-7,10,12H2/t14-,15-/m0/s1. The molecule has 0 aromatic carbocycles. The van der Waals surface area contributed by atoms with Gasteiger partial charge in [0.15, 0.2) is 0 Å². The number of rotatable bonds is 5. The third-order valence-corrected chi connectivity index (χ3v) is 3.78. The smallest absolute Gasteiger partial charge is 0.0695 e. The van der Waals surface area contributed by atoms with Crippen LogP contribution in [-0.4, -0.2) is 33.7 Å². The minimum atomic E-state index is -0.260. The van der Waals surface area contributed by atoms with E-state index in [0.717, 1.165) is 37.8 Å². The number of hydrogen-bond acceptors (Lipinski definition) is 4. The summed E-state index contributed by atoms with van der Waals surface area (Å²) >= 11 is 0. The second-order valence-corrected chi connectivity index (χ2v) is 5.16. The molecule has 1 N–H and O–H groups in total. The number of aromatic nitrogens is 1. The van der Waals surface area contributed by atoms with Crippen molar-refractivity contribution < 1.29 is 5.11 Å². The Morgan fingerprint density at radius 3 is 2.95 bits per heavy atom. The second kappa shape index (κ2) is 7.22. The van der Waals surface area contributed by atoms with Crippen molar-refractivity contribution in [3.8, 4) is 6.07 Å². The lowest BCUT2D eigenvalue weighted by atomic mass is 9.91. The highest BCUT2D eigenvalue weighted by Gasteiger charge is 2.28. The van der Waals surface area contributed by atoms with Crippen LogP contribution >= 0.6 is 0 Å². The molecular weight excluding hydrogens is 238 g/mol. The molecular formula is C15H21N3O. The molecule has 4 nitrogen and oxygen atoms in total. The third kappa shape index (κ3) is 4.02. The van der Waals surface area contributed by atoms with Gasteiger partial charge >= 0.3 is 0 Å². The first-order valence-corrected chi connectivity index (χ1v) is 6.99. The van der Waals surface area contributed by atoms with E-state index in [4.69, 9.17) is 5.26 Å². The van der Waals surface area contributed by atoms with Crippen molar-refractivity contribution in [1.29, 1.82) is 5.26 Å². The Balaban J connectivity index is 2.04. The number of nitrogens with zero attached hydrogens (tertiary/aromatic N) is 3. The molecule has 0 unspecified atom stereocenters. The highest BCUT2D eigenvalue weighted by atomic mass is 16.3. The molecule has 0 spiro atoms. The summed E-state index contributed by atoms with van der Waals surface area (Å²) in [5.41, 5.74) is 1.14. The SMILES string of the molecule is N#CCCN(Cc1cccnc1)[C@H]1CCCC[C@@H]1O. The Kier molecular flexibility index (Phi) is 5.31. The summed E-state index contributed by atoms with van der Waals surface area (Å²) in [7, 11) is 0. The van der Waals surface area contributed by atoms with Crippen molar-refractivity contribution in [2.75, 3.05) is 6.54 Å². The van der Waals surface area contributed by atoms with E-state index in [1.54, 1.807) is 6.20 Å². The van der Waals surface area contributed by atoms with Gasteiger partial charge < -0.3 is 5.11 Å². The molecule has 0 amide bonds. The molecule has 2 rings (SSSR count). The molecule has 1 fully saturated rings. The number of hydrogen-bond donors (Lipinski definition) is 1. The van der Waals surface area contributed by atoms with Crippen LogP contribution in [0.25, 0.3) is 0 Å². The van der Waals surface area contributed by atoms with Crippen molar-refractivity contribution in [2.24, 2.45) is 0 Å². The fourth-order valence-corrected chi connectivity index (χ4v) is 2.80. The van der Waals surface area contributed by atoms with Crippen LogP contribution in [0.4, 0.5) is 0 Å². The molecule has 1 heterocycles. The van der Waals surface area contributed by atoms with E-state index in [9.17, 15) is 5.11 Å². The van der Waals surface area contributed by atoms with Crippen LogP contribution in [0.2, 0.25) is 0 Å². The molecule has 0 saturated heterocycles. The van der Waals surface area contributed by atoms with Gasteiger partial charge in [0.1, 0.15) is 0 Å². The van der Waals surface area contributed by atoms with E-state index in [-0.39, 0.29) is 12.1 Å². The van der Waals surface area contributed by atoms with Crippen LogP contribution in [0, 0.1) is 11.3 Å². The zero-order valence-electron chi connectivity index (χ0n) is 11.2. The maximum atomic E-state index is 10.2. The average molecular weight is 259 g/mol. The Hall–Kier alpha value is -1.44. The van der Waals surface area contributed by atoms with Gasteiger partial charge in [-0.2, -0.15) is 5.26 Å². The topological polar surface area (TPSA) is 60.2 Å². The average Bonchev–Trinajstić information content (AvgIpc) is 2.45. The van der Waals surface area contributed by atoms with Gasteiger partial charge in [-0.15, -0.1) is 0 Å². The minimum absolute atomic E-state index is 0.183. The molecule has 1 aromatic heterocycles. The second-order valence-electron chi connectivity index (χ2n) is 5.16.